The molecule has 6 nitrogen and oxygen atoms in total. The highest BCUT2D eigenvalue weighted by molar-refractivity contribution is 7.89. The van der Waals surface area contributed by atoms with Crippen molar-refractivity contribution in [2.24, 2.45) is 0 Å². The number of carbonyl (C=O) groups is 1. The van der Waals surface area contributed by atoms with Crippen molar-refractivity contribution in [2.75, 3.05) is 26.5 Å². The molecule has 0 saturated carbocycles. The van der Waals surface area contributed by atoms with E-state index in [0.29, 0.717) is 6.42 Å². The molecule has 0 aliphatic rings. The Hall–Kier alpha value is -1.44. The second-order valence-electron chi connectivity index (χ2n) is 4.48. The number of ether oxygens (including phenoxy) is 1. The molecule has 0 saturated heterocycles. The standard InChI is InChI=1S/C13H19NO5S/c1-14(9-13(15)16)20(17,18)10-12(19-2)8-11-6-4-3-5-7-11/h3-7,12H,8-10H2,1-2H3,(H,15,16). The van der Waals surface area contributed by atoms with Gasteiger partial charge in [-0.2, -0.15) is 4.31 Å². The molecule has 1 rings (SSSR count). The van der Waals surface area contributed by atoms with Gasteiger partial charge in [0, 0.05) is 14.2 Å². The zero-order valence-corrected chi connectivity index (χ0v) is 12.3. The number of benzene rings is 1. The number of hydrogen-bond acceptors (Lipinski definition) is 4. The van der Waals surface area contributed by atoms with Crippen molar-refractivity contribution in [3.63, 3.8) is 0 Å². The van der Waals surface area contributed by atoms with E-state index in [-0.39, 0.29) is 5.75 Å². The zero-order chi connectivity index (χ0) is 15.2. The van der Waals surface area contributed by atoms with Crippen molar-refractivity contribution in [2.45, 2.75) is 12.5 Å². The van der Waals surface area contributed by atoms with Crippen LogP contribution in [0.25, 0.3) is 0 Å². The van der Waals surface area contributed by atoms with Crippen LogP contribution in [0.3, 0.4) is 0 Å². The molecule has 1 N–H and O–H groups in total. The molecule has 0 aromatic heterocycles. The third-order valence-electron chi connectivity index (χ3n) is 2.87. The molecule has 0 aliphatic heterocycles. The van der Waals surface area contributed by atoms with E-state index in [2.05, 4.69) is 0 Å². The van der Waals surface area contributed by atoms with Gasteiger partial charge in [-0.15, -0.1) is 0 Å². The Balaban J connectivity index is 2.70. The molecule has 7 heteroatoms. The Bertz CT molecular complexity index is 529. The molecule has 112 valence electrons. The van der Waals surface area contributed by atoms with E-state index in [4.69, 9.17) is 9.84 Å². The maximum atomic E-state index is 12.0. The number of carboxylic acids is 1. The van der Waals surface area contributed by atoms with Crippen LogP contribution < -0.4 is 0 Å². The second kappa shape index (κ2) is 7.37. The number of aliphatic carboxylic acids is 1. The molecule has 0 radical (unpaired) electrons. The average molecular weight is 301 g/mol. The van der Waals surface area contributed by atoms with Crippen molar-refractivity contribution in [1.82, 2.24) is 4.31 Å². The van der Waals surface area contributed by atoms with Crippen LogP contribution in [0.5, 0.6) is 0 Å². The van der Waals surface area contributed by atoms with Crippen molar-refractivity contribution in [3.05, 3.63) is 35.9 Å². The summed E-state index contributed by atoms with van der Waals surface area (Å²) in [5.41, 5.74) is 0.968. The minimum Gasteiger partial charge on any atom is -0.480 e. The lowest BCUT2D eigenvalue weighted by Gasteiger charge is -2.20. The summed E-state index contributed by atoms with van der Waals surface area (Å²) < 4.78 is 30.0. The minimum absolute atomic E-state index is 0.248. The first-order valence-electron chi connectivity index (χ1n) is 6.07. The van der Waals surface area contributed by atoms with Gasteiger partial charge in [0.2, 0.25) is 10.0 Å². The fraction of sp³-hybridized carbons (Fsp3) is 0.462. The largest absolute Gasteiger partial charge is 0.480 e. The van der Waals surface area contributed by atoms with E-state index < -0.39 is 28.6 Å². The Kier molecular flexibility index (Phi) is 6.12. The number of carboxylic acid groups (broad SMARTS) is 1. The summed E-state index contributed by atoms with van der Waals surface area (Å²) in [6.45, 7) is -0.551. The molecule has 1 unspecified atom stereocenters. The van der Waals surface area contributed by atoms with E-state index >= 15 is 0 Å². The molecular formula is C13H19NO5S. The van der Waals surface area contributed by atoms with E-state index in [1.807, 2.05) is 30.3 Å². The van der Waals surface area contributed by atoms with Gasteiger partial charge < -0.3 is 9.84 Å². The Morgan fingerprint density at radius 3 is 2.45 bits per heavy atom. The summed E-state index contributed by atoms with van der Waals surface area (Å²) in [7, 11) is -0.966. The molecule has 0 aliphatic carbocycles. The lowest BCUT2D eigenvalue weighted by atomic mass is 10.1. The lowest BCUT2D eigenvalue weighted by molar-refractivity contribution is -0.137. The van der Waals surface area contributed by atoms with Crippen LogP contribution in [0, 0.1) is 0 Å². The van der Waals surface area contributed by atoms with Gasteiger partial charge in [-0.1, -0.05) is 30.3 Å². The van der Waals surface area contributed by atoms with Gasteiger partial charge in [0.1, 0.15) is 6.54 Å². The van der Waals surface area contributed by atoms with Crippen LogP contribution in [-0.4, -0.2) is 56.4 Å². The Morgan fingerprint density at radius 1 is 1.35 bits per heavy atom. The quantitative estimate of drug-likeness (QED) is 0.760. The summed E-state index contributed by atoms with van der Waals surface area (Å²) in [5.74, 6) is -1.43. The number of nitrogens with zero attached hydrogens (tertiary/aromatic N) is 1. The van der Waals surface area contributed by atoms with Crippen LogP contribution in [-0.2, 0) is 26.0 Å². The summed E-state index contributed by atoms with van der Waals surface area (Å²) in [5, 5.41) is 8.64. The third-order valence-corrected chi connectivity index (χ3v) is 4.74. The average Bonchev–Trinajstić information content (AvgIpc) is 2.38. The highest BCUT2D eigenvalue weighted by Gasteiger charge is 2.25. The SMILES string of the molecule is COC(Cc1ccccc1)CS(=O)(=O)N(C)CC(=O)O. The molecule has 0 amide bonds. The Labute approximate surface area is 119 Å². The van der Waals surface area contributed by atoms with Gasteiger partial charge in [0.25, 0.3) is 0 Å². The van der Waals surface area contributed by atoms with Crippen LogP contribution in [0.1, 0.15) is 5.56 Å². The number of hydrogen-bond donors (Lipinski definition) is 1. The molecule has 0 spiro atoms. The maximum absolute atomic E-state index is 12.0. The highest BCUT2D eigenvalue weighted by atomic mass is 32.2. The molecular weight excluding hydrogens is 282 g/mol. The van der Waals surface area contributed by atoms with Gasteiger partial charge in [0.15, 0.2) is 0 Å². The first kappa shape index (κ1) is 16.6. The van der Waals surface area contributed by atoms with E-state index in [9.17, 15) is 13.2 Å². The smallest absolute Gasteiger partial charge is 0.318 e. The van der Waals surface area contributed by atoms with Crippen LogP contribution in [0.15, 0.2) is 30.3 Å². The van der Waals surface area contributed by atoms with Gasteiger partial charge in [-0.25, -0.2) is 8.42 Å². The topological polar surface area (TPSA) is 83.9 Å². The normalized spacial score (nSPS) is 13.3. The molecule has 0 bridgehead atoms. The molecule has 1 aromatic rings. The van der Waals surface area contributed by atoms with Crippen molar-refractivity contribution in [3.8, 4) is 0 Å². The third kappa shape index (κ3) is 5.28. The van der Waals surface area contributed by atoms with Gasteiger partial charge in [-0.3, -0.25) is 4.79 Å². The van der Waals surface area contributed by atoms with Crippen molar-refractivity contribution >= 4 is 16.0 Å². The van der Waals surface area contributed by atoms with Gasteiger partial charge in [-0.05, 0) is 12.0 Å². The van der Waals surface area contributed by atoms with E-state index in [0.717, 1.165) is 9.87 Å². The van der Waals surface area contributed by atoms with E-state index in [1.54, 1.807) is 0 Å². The maximum Gasteiger partial charge on any atom is 0.318 e. The van der Waals surface area contributed by atoms with Crippen LogP contribution in [0.4, 0.5) is 0 Å². The van der Waals surface area contributed by atoms with Gasteiger partial charge >= 0.3 is 5.97 Å². The molecule has 1 atom stereocenters. The predicted molar refractivity (Wildman–Crippen MR) is 75.0 cm³/mol. The minimum atomic E-state index is -3.66. The number of methoxy groups -OCH3 is 1. The van der Waals surface area contributed by atoms with Crippen LogP contribution in [0.2, 0.25) is 0 Å². The predicted octanol–water partition coefficient (Wildman–Crippen LogP) is 0.590. The first-order chi connectivity index (χ1) is 9.35. The molecule has 0 heterocycles. The van der Waals surface area contributed by atoms with E-state index in [1.165, 1.54) is 14.2 Å². The summed E-state index contributed by atoms with van der Waals surface area (Å²) in [4.78, 5) is 10.6. The molecule has 0 fully saturated rings. The lowest BCUT2D eigenvalue weighted by Crippen LogP contribution is -2.38. The number of likely N-dealkylation sites (N-methyl/N-ethyl adjacent to an activating group) is 1. The number of rotatable bonds is 8. The number of sulfonamides is 1. The fourth-order valence-corrected chi connectivity index (χ4v) is 3.02. The summed E-state index contributed by atoms with van der Waals surface area (Å²) in [6.07, 6.45) is -0.0593. The Morgan fingerprint density at radius 2 is 1.95 bits per heavy atom. The van der Waals surface area contributed by atoms with Crippen molar-refractivity contribution < 1.29 is 23.1 Å². The fourth-order valence-electron chi connectivity index (χ4n) is 1.74. The first-order valence-corrected chi connectivity index (χ1v) is 7.68. The zero-order valence-electron chi connectivity index (χ0n) is 11.5. The van der Waals surface area contributed by atoms with Crippen molar-refractivity contribution in [1.29, 1.82) is 0 Å². The van der Waals surface area contributed by atoms with Gasteiger partial charge in [0.05, 0.1) is 11.9 Å². The summed E-state index contributed by atoms with van der Waals surface area (Å²) >= 11 is 0. The second-order valence-corrected chi connectivity index (χ2v) is 6.60. The highest BCUT2D eigenvalue weighted by Crippen LogP contribution is 2.10. The summed E-state index contributed by atoms with van der Waals surface area (Å²) in [6, 6.07) is 9.39. The molecule has 1 aromatic carbocycles. The molecule has 20 heavy (non-hydrogen) atoms. The van der Waals surface area contributed by atoms with Crippen LogP contribution >= 0.6 is 0 Å². The monoisotopic (exact) mass is 301 g/mol.